The summed E-state index contributed by atoms with van der Waals surface area (Å²) in [6.07, 6.45) is 11.7. The zero-order chi connectivity index (χ0) is 26.2. The van der Waals surface area contributed by atoms with Crippen molar-refractivity contribution < 1.29 is 23.9 Å². The largest absolute Gasteiger partial charge is 0.480 e. The third-order valence-corrected chi connectivity index (χ3v) is 6.74. The Labute approximate surface area is 217 Å². The topological polar surface area (TPSA) is 84.9 Å². The van der Waals surface area contributed by atoms with Gasteiger partial charge in [-0.3, -0.25) is 14.4 Å². The van der Waals surface area contributed by atoms with Crippen molar-refractivity contribution in [1.29, 1.82) is 0 Å². The molecule has 1 fully saturated rings. The lowest BCUT2D eigenvalue weighted by molar-refractivity contribution is -0.154. The fraction of sp³-hybridized carbons (Fsp3) is 0.690. The Balaban J connectivity index is 1.76. The Bertz CT molecular complexity index is 813. The van der Waals surface area contributed by atoms with Crippen molar-refractivity contribution in [3.8, 4) is 5.75 Å². The van der Waals surface area contributed by atoms with Gasteiger partial charge in [0, 0.05) is 13.1 Å². The number of nitrogens with one attached hydrogen (secondary N) is 1. The first kappa shape index (κ1) is 29.7. The van der Waals surface area contributed by atoms with Crippen LogP contribution in [-0.4, -0.2) is 54.5 Å². The third-order valence-electron chi connectivity index (χ3n) is 6.74. The van der Waals surface area contributed by atoms with Gasteiger partial charge in [-0.05, 0) is 31.4 Å². The highest BCUT2D eigenvalue weighted by molar-refractivity contribution is 5.93. The molecule has 202 valence electrons. The molecule has 0 radical (unpaired) electrons. The maximum Gasteiger partial charge on any atom is 0.308 e. The molecule has 0 bridgehead atoms. The van der Waals surface area contributed by atoms with E-state index in [2.05, 4.69) is 12.2 Å². The van der Waals surface area contributed by atoms with Gasteiger partial charge >= 0.3 is 5.97 Å². The van der Waals surface area contributed by atoms with Crippen LogP contribution in [-0.2, 0) is 19.1 Å². The minimum atomic E-state index is -0.874. The van der Waals surface area contributed by atoms with Gasteiger partial charge in [-0.25, -0.2) is 0 Å². The number of unbranched alkanes of at least 4 members (excludes halogenated alkanes) is 9. The fourth-order valence-electron chi connectivity index (χ4n) is 4.51. The van der Waals surface area contributed by atoms with Crippen molar-refractivity contribution in [1.82, 2.24) is 10.2 Å². The number of nitrogens with zero attached hydrogens (tertiary/aromatic N) is 1. The van der Waals surface area contributed by atoms with Crippen LogP contribution in [0, 0.1) is 6.92 Å². The van der Waals surface area contributed by atoms with Crippen LogP contribution in [0.2, 0.25) is 0 Å². The summed E-state index contributed by atoms with van der Waals surface area (Å²) in [5.41, 5.74) is 0.937. The van der Waals surface area contributed by atoms with Crippen molar-refractivity contribution in [3.63, 3.8) is 0 Å². The maximum absolute atomic E-state index is 13.3. The molecule has 1 aromatic carbocycles. The van der Waals surface area contributed by atoms with Crippen LogP contribution in [0.1, 0.15) is 96.5 Å². The number of aryl methyl sites for hydroxylation is 1. The minimum Gasteiger partial charge on any atom is -0.480 e. The van der Waals surface area contributed by atoms with E-state index in [1.165, 1.54) is 49.8 Å². The molecule has 7 heteroatoms. The fourth-order valence-corrected chi connectivity index (χ4v) is 4.51. The molecule has 2 atom stereocenters. The van der Waals surface area contributed by atoms with Gasteiger partial charge in [-0.2, -0.15) is 0 Å². The molecule has 2 amide bonds. The Morgan fingerprint density at radius 1 is 1.00 bits per heavy atom. The van der Waals surface area contributed by atoms with Crippen LogP contribution in [0.25, 0.3) is 0 Å². The van der Waals surface area contributed by atoms with Crippen LogP contribution in [0.5, 0.6) is 5.75 Å². The van der Waals surface area contributed by atoms with E-state index in [0.29, 0.717) is 31.9 Å². The van der Waals surface area contributed by atoms with Crippen molar-refractivity contribution in [2.45, 2.75) is 110 Å². The van der Waals surface area contributed by atoms with E-state index in [9.17, 15) is 14.4 Å². The van der Waals surface area contributed by atoms with E-state index in [1.807, 2.05) is 38.1 Å². The highest BCUT2D eigenvalue weighted by atomic mass is 16.5. The van der Waals surface area contributed by atoms with Crippen molar-refractivity contribution in [2.75, 3.05) is 19.7 Å². The van der Waals surface area contributed by atoms with Crippen LogP contribution in [0.4, 0.5) is 0 Å². The second-order valence-corrected chi connectivity index (χ2v) is 9.73. The van der Waals surface area contributed by atoms with Crippen molar-refractivity contribution >= 4 is 17.8 Å². The molecule has 1 aliphatic rings. The standard InChI is InChI=1S/C29H46N2O5/c1-4-6-7-8-9-10-11-12-13-16-21-35-27(32)22-24-28(33)30-19-20-31(24)29(34)25(5-2)36-26-18-15-14-17-23(26)3/h14-15,17-18,24-25H,4-13,16,19-22H2,1-3H3,(H,30,33). The molecule has 36 heavy (non-hydrogen) atoms. The average molecular weight is 503 g/mol. The summed E-state index contributed by atoms with van der Waals surface area (Å²) in [6, 6.07) is 6.66. The molecule has 0 saturated carbocycles. The summed E-state index contributed by atoms with van der Waals surface area (Å²) >= 11 is 0. The number of carbonyl (C=O) groups excluding carboxylic acids is 3. The first-order chi connectivity index (χ1) is 17.5. The molecule has 1 saturated heterocycles. The summed E-state index contributed by atoms with van der Waals surface area (Å²) in [5, 5.41) is 2.77. The normalized spacial score (nSPS) is 16.4. The molecular formula is C29H46N2O5. The van der Waals surface area contributed by atoms with Gasteiger partial charge in [0.15, 0.2) is 6.10 Å². The molecule has 2 rings (SSSR count). The molecule has 0 aromatic heterocycles. The zero-order valence-electron chi connectivity index (χ0n) is 22.6. The Morgan fingerprint density at radius 3 is 2.28 bits per heavy atom. The predicted octanol–water partition coefficient (Wildman–Crippen LogP) is 5.33. The maximum atomic E-state index is 13.3. The third kappa shape index (κ3) is 10.2. The number of carbonyl (C=O) groups is 3. The average Bonchev–Trinajstić information content (AvgIpc) is 2.87. The first-order valence-corrected chi connectivity index (χ1v) is 13.9. The van der Waals surface area contributed by atoms with E-state index in [0.717, 1.165) is 24.8 Å². The van der Waals surface area contributed by atoms with Gasteiger partial charge < -0.3 is 19.7 Å². The quantitative estimate of drug-likeness (QED) is 0.230. The van der Waals surface area contributed by atoms with Crippen LogP contribution in [0.15, 0.2) is 24.3 Å². The van der Waals surface area contributed by atoms with E-state index < -0.39 is 18.1 Å². The number of hydrogen-bond donors (Lipinski definition) is 1. The monoisotopic (exact) mass is 502 g/mol. The van der Waals surface area contributed by atoms with Crippen LogP contribution >= 0.6 is 0 Å². The number of amides is 2. The van der Waals surface area contributed by atoms with Gasteiger partial charge in [-0.15, -0.1) is 0 Å². The summed E-state index contributed by atoms with van der Waals surface area (Å²) < 4.78 is 11.4. The lowest BCUT2D eigenvalue weighted by Gasteiger charge is -2.36. The summed E-state index contributed by atoms with van der Waals surface area (Å²) in [7, 11) is 0. The Morgan fingerprint density at radius 2 is 1.64 bits per heavy atom. The van der Waals surface area contributed by atoms with E-state index >= 15 is 0 Å². The molecule has 1 N–H and O–H groups in total. The lowest BCUT2D eigenvalue weighted by Crippen LogP contribution is -2.60. The number of para-hydroxylation sites is 1. The van der Waals surface area contributed by atoms with Crippen molar-refractivity contribution in [3.05, 3.63) is 29.8 Å². The van der Waals surface area contributed by atoms with E-state index in [1.54, 1.807) is 0 Å². The van der Waals surface area contributed by atoms with E-state index in [-0.39, 0.29) is 18.2 Å². The van der Waals surface area contributed by atoms with Crippen molar-refractivity contribution in [2.24, 2.45) is 0 Å². The summed E-state index contributed by atoms with van der Waals surface area (Å²) in [6.45, 7) is 7.08. The first-order valence-electron chi connectivity index (χ1n) is 13.9. The molecular weight excluding hydrogens is 456 g/mol. The molecule has 1 aromatic rings. The zero-order valence-corrected chi connectivity index (χ0v) is 22.6. The highest BCUT2D eigenvalue weighted by Crippen LogP contribution is 2.21. The van der Waals surface area contributed by atoms with Gasteiger partial charge in [0.25, 0.3) is 5.91 Å². The smallest absolute Gasteiger partial charge is 0.308 e. The summed E-state index contributed by atoms with van der Waals surface area (Å²) in [4.78, 5) is 39.9. The second kappa shape index (κ2) is 17.0. The molecule has 1 aliphatic heterocycles. The molecule has 2 unspecified atom stereocenters. The number of piperazine rings is 1. The molecule has 7 nitrogen and oxygen atoms in total. The van der Waals surface area contributed by atoms with Gasteiger partial charge in [0.1, 0.15) is 11.8 Å². The summed E-state index contributed by atoms with van der Waals surface area (Å²) in [5.74, 6) is -0.399. The highest BCUT2D eigenvalue weighted by Gasteiger charge is 2.38. The number of benzene rings is 1. The van der Waals surface area contributed by atoms with Gasteiger partial charge in [0.05, 0.1) is 13.0 Å². The van der Waals surface area contributed by atoms with E-state index in [4.69, 9.17) is 9.47 Å². The Kier molecular flexibility index (Phi) is 14.0. The van der Waals surface area contributed by atoms with Crippen LogP contribution < -0.4 is 10.1 Å². The van der Waals surface area contributed by atoms with Gasteiger partial charge in [-0.1, -0.05) is 89.8 Å². The molecule has 0 aliphatic carbocycles. The number of hydrogen-bond acceptors (Lipinski definition) is 5. The SMILES string of the molecule is CCCCCCCCCCCCOC(=O)CC1C(=O)NCCN1C(=O)C(CC)Oc1ccccc1C. The number of rotatable bonds is 17. The number of esters is 1. The molecule has 1 heterocycles. The molecule has 0 spiro atoms. The predicted molar refractivity (Wildman–Crippen MR) is 142 cm³/mol. The van der Waals surface area contributed by atoms with Gasteiger partial charge in [0.2, 0.25) is 5.91 Å². The lowest BCUT2D eigenvalue weighted by atomic mass is 10.1. The van der Waals surface area contributed by atoms with Crippen LogP contribution in [0.3, 0.4) is 0 Å². The Hall–Kier alpha value is -2.57. The number of ether oxygens (including phenoxy) is 2. The second-order valence-electron chi connectivity index (χ2n) is 9.73. The minimum absolute atomic E-state index is 0.143.